The van der Waals surface area contributed by atoms with Gasteiger partial charge in [0.15, 0.2) is 0 Å². The summed E-state index contributed by atoms with van der Waals surface area (Å²) in [6.45, 7) is 2.84. The summed E-state index contributed by atoms with van der Waals surface area (Å²) in [6.07, 6.45) is 3.91. The van der Waals surface area contributed by atoms with Gasteiger partial charge >= 0.3 is 0 Å². The molecular weight excluding hydrogens is 154 g/mol. The van der Waals surface area contributed by atoms with Crippen LogP contribution in [0.2, 0.25) is 0 Å². The minimum Gasteiger partial charge on any atom is -0.396 e. The maximum absolute atomic E-state index is 8.92. The first-order valence-corrected chi connectivity index (χ1v) is 4.72. The summed E-state index contributed by atoms with van der Waals surface area (Å²) in [6, 6.07) is 0. The maximum atomic E-state index is 8.92. The molecule has 1 fully saturated rings. The lowest BCUT2D eigenvalue weighted by molar-refractivity contribution is 0.0349. The van der Waals surface area contributed by atoms with Crippen LogP contribution in [0.5, 0.6) is 0 Å². The van der Waals surface area contributed by atoms with E-state index in [4.69, 9.17) is 15.6 Å². The van der Waals surface area contributed by atoms with Gasteiger partial charge < -0.3 is 15.6 Å². The summed E-state index contributed by atoms with van der Waals surface area (Å²) in [5, 5.41) is 8.92. The van der Waals surface area contributed by atoms with E-state index in [1.807, 2.05) is 0 Å². The second-order valence-electron chi connectivity index (χ2n) is 3.67. The van der Waals surface area contributed by atoms with Crippen LogP contribution in [0.4, 0.5) is 0 Å². The van der Waals surface area contributed by atoms with Gasteiger partial charge in [0.05, 0.1) is 12.2 Å². The second-order valence-corrected chi connectivity index (χ2v) is 3.67. The highest BCUT2D eigenvalue weighted by atomic mass is 16.5. The van der Waals surface area contributed by atoms with Crippen LogP contribution in [0, 0.1) is 5.92 Å². The van der Waals surface area contributed by atoms with E-state index in [9.17, 15) is 0 Å². The van der Waals surface area contributed by atoms with Crippen LogP contribution in [0.1, 0.15) is 26.2 Å². The van der Waals surface area contributed by atoms with Crippen molar-refractivity contribution in [2.24, 2.45) is 11.7 Å². The summed E-state index contributed by atoms with van der Waals surface area (Å²) < 4.78 is 5.63. The van der Waals surface area contributed by atoms with Gasteiger partial charge in [-0.2, -0.15) is 0 Å². The van der Waals surface area contributed by atoms with Crippen LogP contribution in [0.15, 0.2) is 0 Å². The van der Waals surface area contributed by atoms with Crippen LogP contribution in [0.25, 0.3) is 0 Å². The maximum Gasteiger partial charge on any atom is 0.0583 e. The highest BCUT2D eigenvalue weighted by Crippen LogP contribution is 2.23. The van der Waals surface area contributed by atoms with Crippen LogP contribution < -0.4 is 5.73 Å². The Morgan fingerprint density at radius 1 is 1.58 bits per heavy atom. The van der Waals surface area contributed by atoms with E-state index in [1.54, 1.807) is 0 Å². The molecule has 3 unspecified atom stereocenters. The lowest BCUT2D eigenvalue weighted by Gasteiger charge is -2.16. The van der Waals surface area contributed by atoms with E-state index in [-0.39, 0.29) is 12.5 Å². The van der Waals surface area contributed by atoms with Gasteiger partial charge in [0, 0.05) is 6.61 Å². The van der Waals surface area contributed by atoms with Gasteiger partial charge in [-0.3, -0.25) is 0 Å². The Bertz CT molecular complexity index is 126. The third kappa shape index (κ3) is 2.73. The molecule has 0 aliphatic carbocycles. The van der Waals surface area contributed by atoms with Gasteiger partial charge in [-0.15, -0.1) is 0 Å². The van der Waals surface area contributed by atoms with Crippen molar-refractivity contribution in [1.82, 2.24) is 0 Å². The predicted molar refractivity (Wildman–Crippen MR) is 47.8 cm³/mol. The van der Waals surface area contributed by atoms with Crippen molar-refractivity contribution in [1.29, 1.82) is 0 Å². The highest BCUT2D eigenvalue weighted by molar-refractivity contribution is 4.74. The largest absolute Gasteiger partial charge is 0.396 e. The molecule has 1 aliphatic rings. The fourth-order valence-electron chi connectivity index (χ4n) is 1.68. The molecule has 0 aromatic rings. The van der Waals surface area contributed by atoms with Crippen molar-refractivity contribution in [3.63, 3.8) is 0 Å². The Hall–Kier alpha value is -0.120. The van der Waals surface area contributed by atoms with Crippen molar-refractivity contribution in [3.8, 4) is 0 Å². The zero-order chi connectivity index (χ0) is 8.97. The van der Waals surface area contributed by atoms with Gasteiger partial charge in [0.1, 0.15) is 0 Å². The Kier molecular flexibility index (Phi) is 3.98. The van der Waals surface area contributed by atoms with Crippen molar-refractivity contribution >= 4 is 0 Å². The number of rotatable bonds is 4. The monoisotopic (exact) mass is 173 g/mol. The topological polar surface area (TPSA) is 55.5 Å². The first-order chi connectivity index (χ1) is 5.76. The number of aliphatic hydroxyl groups excluding tert-OH is 1. The molecule has 12 heavy (non-hydrogen) atoms. The molecule has 3 N–H and O–H groups in total. The van der Waals surface area contributed by atoms with Crippen molar-refractivity contribution in [2.75, 3.05) is 13.2 Å². The van der Waals surface area contributed by atoms with Crippen molar-refractivity contribution in [2.45, 2.75) is 38.4 Å². The second kappa shape index (κ2) is 4.80. The van der Waals surface area contributed by atoms with E-state index in [0.29, 0.717) is 18.8 Å². The standard InChI is InChI=1S/C9H19NO2/c1-7-2-3-9(12-7)4-8(5-10)6-11/h7-9,11H,2-6,10H2,1H3. The molecule has 0 aromatic heterocycles. The minimum atomic E-state index is 0.185. The number of hydrogen-bond donors (Lipinski definition) is 2. The third-order valence-electron chi connectivity index (χ3n) is 2.51. The summed E-state index contributed by atoms with van der Waals surface area (Å²) in [5.74, 6) is 0.222. The molecule has 0 bridgehead atoms. The third-order valence-corrected chi connectivity index (χ3v) is 2.51. The molecule has 1 heterocycles. The summed E-state index contributed by atoms with van der Waals surface area (Å²) >= 11 is 0. The quantitative estimate of drug-likeness (QED) is 0.651. The molecule has 0 saturated carbocycles. The van der Waals surface area contributed by atoms with Crippen LogP contribution in [-0.2, 0) is 4.74 Å². The van der Waals surface area contributed by atoms with Gasteiger partial charge in [-0.05, 0) is 38.6 Å². The zero-order valence-electron chi connectivity index (χ0n) is 7.70. The smallest absolute Gasteiger partial charge is 0.0583 e. The van der Waals surface area contributed by atoms with E-state index in [0.717, 1.165) is 19.3 Å². The first kappa shape index (κ1) is 9.96. The molecule has 0 radical (unpaired) electrons. The van der Waals surface area contributed by atoms with E-state index in [1.165, 1.54) is 0 Å². The van der Waals surface area contributed by atoms with Crippen molar-refractivity contribution in [3.05, 3.63) is 0 Å². The molecule has 1 saturated heterocycles. The van der Waals surface area contributed by atoms with Crippen molar-refractivity contribution < 1.29 is 9.84 Å². The first-order valence-electron chi connectivity index (χ1n) is 4.72. The Morgan fingerprint density at radius 2 is 2.33 bits per heavy atom. The van der Waals surface area contributed by atoms with Gasteiger partial charge in [0.2, 0.25) is 0 Å². The summed E-state index contributed by atoms with van der Waals surface area (Å²) in [7, 11) is 0. The molecule has 0 spiro atoms. The normalized spacial score (nSPS) is 32.2. The number of aliphatic hydroxyl groups is 1. The molecule has 1 rings (SSSR count). The SMILES string of the molecule is CC1CCC(CC(CN)CO)O1. The van der Waals surface area contributed by atoms with E-state index < -0.39 is 0 Å². The number of ether oxygens (including phenoxy) is 1. The summed E-state index contributed by atoms with van der Waals surface area (Å²) in [4.78, 5) is 0. The number of nitrogens with two attached hydrogens (primary N) is 1. The fraction of sp³-hybridized carbons (Fsp3) is 1.00. The predicted octanol–water partition coefficient (Wildman–Crippen LogP) is 0.511. The van der Waals surface area contributed by atoms with Crippen LogP contribution in [-0.4, -0.2) is 30.5 Å². The molecule has 3 nitrogen and oxygen atoms in total. The molecule has 3 atom stereocenters. The lowest BCUT2D eigenvalue weighted by atomic mass is 10.0. The molecule has 72 valence electrons. The highest BCUT2D eigenvalue weighted by Gasteiger charge is 2.23. The molecule has 1 aliphatic heterocycles. The minimum absolute atomic E-state index is 0.185. The molecule has 0 aromatic carbocycles. The Morgan fingerprint density at radius 3 is 2.75 bits per heavy atom. The number of hydrogen-bond acceptors (Lipinski definition) is 3. The average Bonchev–Trinajstić information content (AvgIpc) is 2.47. The fourth-order valence-corrected chi connectivity index (χ4v) is 1.68. The van der Waals surface area contributed by atoms with Crippen LogP contribution in [0.3, 0.4) is 0 Å². The van der Waals surface area contributed by atoms with E-state index in [2.05, 4.69) is 6.92 Å². The van der Waals surface area contributed by atoms with Crippen LogP contribution >= 0.6 is 0 Å². The lowest BCUT2D eigenvalue weighted by Crippen LogP contribution is -2.23. The van der Waals surface area contributed by atoms with Gasteiger partial charge in [-0.25, -0.2) is 0 Å². The zero-order valence-corrected chi connectivity index (χ0v) is 7.70. The molecule has 3 heteroatoms. The van der Waals surface area contributed by atoms with Gasteiger partial charge in [-0.1, -0.05) is 0 Å². The average molecular weight is 173 g/mol. The Balaban J connectivity index is 2.21. The molecule has 0 amide bonds. The Labute approximate surface area is 73.9 Å². The van der Waals surface area contributed by atoms with Gasteiger partial charge in [0.25, 0.3) is 0 Å². The summed E-state index contributed by atoms with van der Waals surface area (Å²) in [5.41, 5.74) is 5.48. The van der Waals surface area contributed by atoms with E-state index >= 15 is 0 Å². The molecular formula is C9H19NO2.